The van der Waals surface area contributed by atoms with Crippen molar-refractivity contribution in [3.05, 3.63) is 181 Å². The van der Waals surface area contributed by atoms with Crippen molar-refractivity contribution < 1.29 is 0 Å². The number of nitriles is 1. The smallest absolute Gasteiger partial charge is 0.187 e. The van der Waals surface area contributed by atoms with Gasteiger partial charge in [-0.3, -0.25) is 0 Å². The third kappa shape index (κ3) is 5.48. The van der Waals surface area contributed by atoms with E-state index in [0.717, 1.165) is 28.4 Å². The van der Waals surface area contributed by atoms with Gasteiger partial charge in [-0.05, 0) is 99.6 Å². The molecule has 0 aliphatic carbocycles. The second-order valence-corrected chi connectivity index (χ2v) is 24.0. The van der Waals surface area contributed by atoms with Gasteiger partial charge in [0.25, 0.3) is 0 Å². The molecule has 9 rings (SSSR count). The molecular formula is C48H39N5Si2. The molecule has 7 aromatic rings. The number of anilines is 9. The second kappa shape index (κ2) is 13.0. The summed E-state index contributed by atoms with van der Waals surface area (Å²) in [6.07, 6.45) is 0. The lowest BCUT2D eigenvalue weighted by atomic mass is 10.1. The van der Waals surface area contributed by atoms with E-state index in [2.05, 4.69) is 167 Å². The van der Waals surface area contributed by atoms with Gasteiger partial charge in [-0.25, -0.2) is 4.85 Å². The first-order chi connectivity index (χ1) is 26.7. The monoisotopic (exact) mass is 741 g/mol. The molecule has 0 aromatic heterocycles. The van der Waals surface area contributed by atoms with Crippen LogP contribution in [0, 0.1) is 17.9 Å². The number of hydrogen-bond acceptors (Lipinski definition) is 4. The molecule has 0 fully saturated rings. The van der Waals surface area contributed by atoms with E-state index in [1.165, 1.54) is 43.5 Å². The number of para-hydroxylation sites is 4. The van der Waals surface area contributed by atoms with E-state index in [4.69, 9.17) is 6.57 Å². The topological polar surface area (TPSA) is 37.9 Å². The van der Waals surface area contributed by atoms with Gasteiger partial charge in [-0.15, -0.1) is 0 Å². The van der Waals surface area contributed by atoms with Gasteiger partial charge in [-0.1, -0.05) is 111 Å². The normalized spacial score (nSPS) is 14.4. The predicted molar refractivity (Wildman–Crippen MR) is 235 cm³/mol. The van der Waals surface area contributed by atoms with Crippen LogP contribution in [0.3, 0.4) is 0 Å². The molecule has 0 radical (unpaired) electrons. The summed E-state index contributed by atoms with van der Waals surface area (Å²) in [4.78, 5) is 10.8. The molecule has 7 aromatic carbocycles. The van der Waals surface area contributed by atoms with Crippen molar-refractivity contribution in [3.8, 4) is 6.07 Å². The Morgan fingerprint density at radius 2 is 0.855 bits per heavy atom. The Bertz CT molecular complexity index is 2420. The number of benzene rings is 7. The molecule has 7 heteroatoms. The third-order valence-corrected chi connectivity index (χ3v) is 18.5. The van der Waals surface area contributed by atoms with Gasteiger partial charge in [0.2, 0.25) is 0 Å². The molecule has 0 bridgehead atoms. The van der Waals surface area contributed by atoms with Gasteiger partial charge in [-0.2, -0.15) is 5.26 Å². The Morgan fingerprint density at radius 1 is 0.491 bits per heavy atom. The number of hydrogen-bond donors (Lipinski definition) is 0. The zero-order chi connectivity index (χ0) is 37.9. The lowest BCUT2D eigenvalue weighted by Crippen LogP contribution is -2.58. The van der Waals surface area contributed by atoms with Crippen molar-refractivity contribution in [2.45, 2.75) is 26.2 Å². The van der Waals surface area contributed by atoms with E-state index in [9.17, 15) is 5.26 Å². The second-order valence-electron chi connectivity index (χ2n) is 15.3. The van der Waals surface area contributed by atoms with Gasteiger partial charge < -0.3 is 14.7 Å². The lowest BCUT2D eigenvalue weighted by Gasteiger charge is -2.43. The first-order valence-electron chi connectivity index (χ1n) is 18.6. The van der Waals surface area contributed by atoms with Crippen molar-refractivity contribution in [1.29, 1.82) is 5.26 Å². The van der Waals surface area contributed by atoms with E-state index in [1.54, 1.807) is 0 Å². The maximum Gasteiger partial charge on any atom is 0.187 e. The average Bonchev–Trinajstić information content (AvgIpc) is 3.22. The number of rotatable bonds is 5. The van der Waals surface area contributed by atoms with Crippen LogP contribution in [0.25, 0.3) is 4.85 Å². The summed E-state index contributed by atoms with van der Waals surface area (Å²) in [6.45, 7) is 17.5. The maximum absolute atomic E-state index is 9.72. The molecule has 2 aliphatic heterocycles. The summed E-state index contributed by atoms with van der Waals surface area (Å²) < 4.78 is 0. The van der Waals surface area contributed by atoms with Crippen LogP contribution < -0.4 is 35.4 Å². The molecule has 0 spiro atoms. The minimum absolute atomic E-state index is 0.583. The Labute approximate surface area is 325 Å². The fraction of sp³-hybridized carbons (Fsp3) is 0.0833. The molecule has 0 atom stereocenters. The summed E-state index contributed by atoms with van der Waals surface area (Å²) in [7, 11) is -4.06. The highest BCUT2D eigenvalue weighted by atomic mass is 28.3. The first kappa shape index (κ1) is 34.1. The Balaban J connectivity index is 1.36. The Kier molecular flexibility index (Phi) is 8.09. The van der Waals surface area contributed by atoms with E-state index >= 15 is 0 Å². The quantitative estimate of drug-likeness (QED) is 0.130. The highest BCUT2D eigenvalue weighted by molar-refractivity contribution is 7.03. The van der Waals surface area contributed by atoms with Gasteiger partial charge >= 0.3 is 0 Å². The first-order valence-corrected chi connectivity index (χ1v) is 24.6. The number of nitrogens with zero attached hydrogens (tertiary/aromatic N) is 5. The zero-order valence-corrected chi connectivity index (χ0v) is 33.3. The van der Waals surface area contributed by atoms with Gasteiger partial charge in [0.1, 0.15) is 16.1 Å². The highest BCUT2D eigenvalue weighted by Crippen LogP contribution is 2.47. The average molecular weight is 742 g/mol. The summed E-state index contributed by atoms with van der Waals surface area (Å²) in [5.74, 6) is 0. The van der Waals surface area contributed by atoms with Crippen molar-refractivity contribution >= 4 is 93.8 Å². The fourth-order valence-electron chi connectivity index (χ4n) is 8.67. The number of fused-ring (bicyclic) bond motifs is 4. The molecule has 0 saturated heterocycles. The molecule has 55 heavy (non-hydrogen) atoms. The van der Waals surface area contributed by atoms with E-state index in [-0.39, 0.29) is 0 Å². The molecule has 0 saturated carbocycles. The Morgan fingerprint density at radius 3 is 1.22 bits per heavy atom. The van der Waals surface area contributed by atoms with E-state index < -0.39 is 16.1 Å². The van der Waals surface area contributed by atoms with E-state index in [0.29, 0.717) is 11.3 Å². The van der Waals surface area contributed by atoms with Crippen molar-refractivity contribution in [3.63, 3.8) is 0 Å². The molecule has 0 N–H and O–H groups in total. The van der Waals surface area contributed by atoms with Crippen LogP contribution in [0.5, 0.6) is 0 Å². The van der Waals surface area contributed by atoms with Crippen molar-refractivity contribution in [1.82, 2.24) is 0 Å². The molecule has 0 amide bonds. The van der Waals surface area contributed by atoms with Gasteiger partial charge in [0.05, 0.1) is 35.3 Å². The van der Waals surface area contributed by atoms with Crippen LogP contribution >= 0.6 is 0 Å². The van der Waals surface area contributed by atoms with Crippen LogP contribution in [-0.2, 0) is 0 Å². The Hall–Kier alpha value is -6.65. The highest BCUT2D eigenvalue weighted by Gasteiger charge is 2.40. The summed E-state index contributed by atoms with van der Waals surface area (Å²) in [5.41, 5.74) is 10.9. The van der Waals surface area contributed by atoms with Crippen molar-refractivity contribution in [2.24, 2.45) is 0 Å². The molecule has 264 valence electrons. The van der Waals surface area contributed by atoms with Crippen LogP contribution in [0.1, 0.15) is 5.56 Å². The van der Waals surface area contributed by atoms with Crippen LogP contribution in [0.4, 0.5) is 56.9 Å². The zero-order valence-electron chi connectivity index (χ0n) is 31.3. The van der Waals surface area contributed by atoms with E-state index in [1.807, 2.05) is 48.5 Å². The lowest BCUT2D eigenvalue weighted by molar-refractivity contribution is 1.22. The summed E-state index contributed by atoms with van der Waals surface area (Å²) in [5, 5.41) is 15.3. The van der Waals surface area contributed by atoms with Crippen molar-refractivity contribution in [2.75, 3.05) is 14.7 Å². The minimum Gasteiger partial charge on any atom is -0.311 e. The minimum atomic E-state index is -2.03. The molecular weight excluding hydrogens is 703 g/mol. The summed E-state index contributed by atoms with van der Waals surface area (Å²) >= 11 is 0. The standard InChI is InChI=1S/C48H39N5Si2/c1-50-35-24-28-37(29-25-35)51(36-26-22-34(33-49)23-27-36)38-30-39(52-41-14-6-10-18-45(41)54(2,3)46-19-11-7-15-42(46)52)32-40(31-38)53-43-16-8-12-20-47(43)55(4,5)48-21-13-9-17-44(48)53/h6-32H,2-5H3. The van der Waals surface area contributed by atoms with Gasteiger partial charge in [0, 0.05) is 34.1 Å². The molecule has 2 aliphatic rings. The van der Waals surface area contributed by atoms with Crippen LogP contribution in [0.15, 0.2) is 164 Å². The molecule has 5 nitrogen and oxygen atoms in total. The predicted octanol–water partition coefficient (Wildman–Crippen LogP) is 10.8. The third-order valence-electron chi connectivity index (χ3n) is 11.4. The largest absolute Gasteiger partial charge is 0.311 e. The molecule has 0 unspecified atom stereocenters. The van der Waals surface area contributed by atoms with Crippen LogP contribution in [0.2, 0.25) is 26.2 Å². The SMILES string of the molecule is [C-]#[N+]c1ccc(N(c2ccc(C#N)cc2)c2cc(N3c4ccccc4[Si](C)(C)c4ccccc43)cc(N3c4ccccc4[Si](C)(C)c4ccccc43)c2)cc1. The molecule has 2 heterocycles. The summed E-state index contributed by atoms with van der Waals surface area (Å²) in [6, 6.07) is 60.4. The van der Waals surface area contributed by atoms with Crippen LogP contribution in [-0.4, -0.2) is 16.1 Å². The maximum atomic E-state index is 9.72. The fourth-order valence-corrected chi connectivity index (χ4v) is 14.6. The van der Waals surface area contributed by atoms with Gasteiger partial charge in [0.15, 0.2) is 5.69 Å².